The number of ether oxygens (including phenoxy) is 2. The lowest BCUT2D eigenvalue weighted by atomic mass is 9.92. The number of nitrogens with zero attached hydrogens (tertiary/aromatic N) is 1. The number of hydrogen-bond donors (Lipinski definition) is 1. The highest BCUT2D eigenvalue weighted by molar-refractivity contribution is 5.21. The first-order chi connectivity index (χ1) is 11.0. The van der Waals surface area contributed by atoms with Crippen molar-refractivity contribution in [2.75, 3.05) is 39.5 Å². The summed E-state index contributed by atoms with van der Waals surface area (Å²) in [6.45, 7) is 8.39. The topological polar surface area (TPSA) is 41.9 Å². The van der Waals surface area contributed by atoms with E-state index in [2.05, 4.69) is 18.7 Å². The van der Waals surface area contributed by atoms with E-state index in [-0.39, 0.29) is 5.82 Å². The summed E-state index contributed by atoms with van der Waals surface area (Å²) in [5.41, 5.74) is 0. The quantitative estimate of drug-likeness (QED) is 0.746. The fraction of sp³-hybridized carbons (Fsp3) is 0.667. The third kappa shape index (κ3) is 6.85. The first-order valence-corrected chi connectivity index (χ1v) is 8.39. The van der Waals surface area contributed by atoms with Crippen molar-refractivity contribution < 1.29 is 19.0 Å². The Hall–Kier alpha value is -1.17. The first-order valence-electron chi connectivity index (χ1n) is 8.39. The molecule has 0 aromatic heterocycles. The predicted molar refractivity (Wildman–Crippen MR) is 88.1 cm³/mol. The fourth-order valence-electron chi connectivity index (χ4n) is 3.26. The molecular weight excluding hydrogens is 297 g/mol. The van der Waals surface area contributed by atoms with Crippen LogP contribution in [0.3, 0.4) is 0 Å². The van der Waals surface area contributed by atoms with E-state index < -0.39 is 6.10 Å². The molecule has 0 aliphatic carbocycles. The monoisotopic (exact) mass is 325 g/mol. The van der Waals surface area contributed by atoms with E-state index in [0.29, 0.717) is 44.0 Å². The molecule has 3 unspecified atom stereocenters. The Kier molecular flexibility index (Phi) is 7.27. The van der Waals surface area contributed by atoms with Gasteiger partial charge in [-0.25, -0.2) is 4.39 Å². The van der Waals surface area contributed by atoms with E-state index >= 15 is 0 Å². The average Bonchev–Trinajstić information content (AvgIpc) is 2.47. The number of hydrogen-bond acceptors (Lipinski definition) is 4. The van der Waals surface area contributed by atoms with E-state index in [4.69, 9.17) is 9.47 Å². The summed E-state index contributed by atoms with van der Waals surface area (Å²) in [6, 6.07) is 5.90. The Morgan fingerprint density at radius 3 is 2.48 bits per heavy atom. The zero-order valence-corrected chi connectivity index (χ0v) is 14.1. The van der Waals surface area contributed by atoms with Crippen LogP contribution < -0.4 is 4.74 Å². The lowest BCUT2D eigenvalue weighted by Gasteiger charge is -2.35. The summed E-state index contributed by atoms with van der Waals surface area (Å²) in [5, 5.41) is 10.1. The molecule has 1 fully saturated rings. The van der Waals surface area contributed by atoms with E-state index in [9.17, 15) is 9.50 Å². The van der Waals surface area contributed by atoms with Crippen LogP contribution in [0.2, 0.25) is 0 Å². The van der Waals surface area contributed by atoms with Gasteiger partial charge in [0.2, 0.25) is 0 Å². The SMILES string of the molecule is CC1CC(C)CN(CC(O)COCCOc2ccc(F)cc2)C1. The van der Waals surface area contributed by atoms with Gasteiger partial charge in [-0.2, -0.15) is 0 Å². The number of rotatable bonds is 8. The molecule has 5 heteroatoms. The molecule has 1 aromatic carbocycles. The van der Waals surface area contributed by atoms with Crippen molar-refractivity contribution in [1.82, 2.24) is 4.90 Å². The summed E-state index contributed by atoms with van der Waals surface area (Å²) in [4.78, 5) is 2.32. The maximum atomic E-state index is 12.7. The summed E-state index contributed by atoms with van der Waals surface area (Å²) >= 11 is 0. The molecule has 0 radical (unpaired) electrons. The Labute approximate surface area is 138 Å². The molecular formula is C18H28FNO3. The molecule has 1 aliphatic heterocycles. The van der Waals surface area contributed by atoms with Crippen LogP contribution in [0.5, 0.6) is 5.75 Å². The van der Waals surface area contributed by atoms with Gasteiger partial charge in [-0.3, -0.25) is 0 Å². The minimum absolute atomic E-state index is 0.280. The standard InChI is InChI=1S/C18H28FNO3/c1-14-9-15(2)11-20(10-14)12-17(21)13-22-7-8-23-18-5-3-16(19)4-6-18/h3-6,14-15,17,21H,7-13H2,1-2H3. The van der Waals surface area contributed by atoms with Crippen molar-refractivity contribution in [3.05, 3.63) is 30.1 Å². The number of benzene rings is 1. The van der Waals surface area contributed by atoms with E-state index in [1.165, 1.54) is 18.6 Å². The maximum Gasteiger partial charge on any atom is 0.123 e. The van der Waals surface area contributed by atoms with Crippen LogP contribution >= 0.6 is 0 Å². The van der Waals surface area contributed by atoms with Gasteiger partial charge in [-0.1, -0.05) is 13.8 Å². The zero-order valence-electron chi connectivity index (χ0n) is 14.1. The van der Waals surface area contributed by atoms with Crippen LogP contribution in [0.25, 0.3) is 0 Å². The number of likely N-dealkylation sites (tertiary alicyclic amines) is 1. The highest BCUT2D eigenvalue weighted by Gasteiger charge is 2.23. The van der Waals surface area contributed by atoms with E-state index in [1.807, 2.05) is 0 Å². The van der Waals surface area contributed by atoms with Crippen LogP contribution in [0.15, 0.2) is 24.3 Å². The number of piperidine rings is 1. The molecule has 0 spiro atoms. The Balaban J connectivity index is 1.56. The molecule has 0 bridgehead atoms. The Bertz CT molecular complexity index is 444. The van der Waals surface area contributed by atoms with Gasteiger partial charge in [0, 0.05) is 19.6 Å². The molecule has 4 nitrogen and oxygen atoms in total. The van der Waals surface area contributed by atoms with Gasteiger partial charge in [-0.05, 0) is 42.5 Å². The molecule has 1 N–H and O–H groups in total. The van der Waals surface area contributed by atoms with Crippen molar-refractivity contribution in [2.24, 2.45) is 11.8 Å². The van der Waals surface area contributed by atoms with Crippen molar-refractivity contribution in [2.45, 2.75) is 26.4 Å². The van der Waals surface area contributed by atoms with Crippen LogP contribution in [0.1, 0.15) is 20.3 Å². The average molecular weight is 325 g/mol. The lowest BCUT2D eigenvalue weighted by Crippen LogP contribution is -2.43. The number of aliphatic hydroxyl groups is 1. The highest BCUT2D eigenvalue weighted by atomic mass is 19.1. The number of β-amino-alcohol motifs (C(OH)–C–C–N with tert-alkyl or cyclic N) is 1. The van der Waals surface area contributed by atoms with E-state index in [1.54, 1.807) is 12.1 Å². The molecule has 3 atom stereocenters. The second-order valence-corrected chi connectivity index (χ2v) is 6.70. The molecule has 2 rings (SSSR count). The molecule has 0 saturated carbocycles. The van der Waals surface area contributed by atoms with Crippen molar-refractivity contribution in [3.8, 4) is 5.75 Å². The minimum atomic E-state index is -0.474. The first kappa shape index (κ1) is 18.2. The van der Waals surface area contributed by atoms with Gasteiger partial charge in [0.15, 0.2) is 0 Å². The molecule has 0 amide bonds. The summed E-state index contributed by atoms with van der Waals surface area (Å²) in [5.74, 6) is 1.72. The van der Waals surface area contributed by atoms with Crippen LogP contribution in [0.4, 0.5) is 4.39 Å². The maximum absolute atomic E-state index is 12.7. The smallest absolute Gasteiger partial charge is 0.123 e. The Morgan fingerprint density at radius 1 is 1.17 bits per heavy atom. The van der Waals surface area contributed by atoms with E-state index in [0.717, 1.165) is 13.1 Å². The second-order valence-electron chi connectivity index (χ2n) is 6.70. The second kappa shape index (κ2) is 9.21. The largest absolute Gasteiger partial charge is 0.491 e. The summed E-state index contributed by atoms with van der Waals surface area (Å²) < 4.78 is 23.6. The van der Waals surface area contributed by atoms with Crippen molar-refractivity contribution in [1.29, 1.82) is 0 Å². The van der Waals surface area contributed by atoms with Gasteiger partial charge < -0.3 is 19.5 Å². The van der Waals surface area contributed by atoms with Crippen LogP contribution in [-0.2, 0) is 4.74 Å². The summed E-state index contributed by atoms with van der Waals surface area (Å²) in [7, 11) is 0. The molecule has 1 saturated heterocycles. The van der Waals surface area contributed by atoms with Crippen molar-refractivity contribution in [3.63, 3.8) is 0 Å². The third-order valence-corrected chi connectivity index (χ3v) is 4.03. The fourth-order valence-corrected chi connectivity index (χ4v) is 3.26. The van der Waals surface area contributed by atoms with Crippen LogP contribution in [-0.4, -0.2) is 55.6 Å². The van der Waals surface area contributed by atoms with Crippen LogP contribution in [0, 0.1) is 17.7 Å². The van der Waals surface area contributed by atoms with Gasteiger partial charge in [0.1, 0.15) is 18.2 Å². The lowest BCUT2D eigenvalue weighted by molar-refractivity contribution is -0.00211. The minimum Gasteiger partial charge on any atom is -0.491 e. The predicted octanol–water partition coefficient (Wildman–Crippen LogP) is 2.56. The number of aliphatic hydroxyl groups excluding tert-OH is 1. The van der Waals surface area contributed by atoms with Gasteiger partial charge >= 0.3 is 0 Å². The van der Waals surface area contributed by atoms with Gasteiger partial charge in [0.05, 0.1) is 19.3 Å². The molecule has 23 heavy (non-hydrogen) atoms. The molecule has 130 valence electrons. The highest BCUT2D eigenvalue weighted by Crippen LogP contribution is 2.20. The van der Waals surface area contributed by atoms with Gasteiger partial charge in [-0.15, -0.1) is 0 Å². The zero-order chi connectivity index (χ0) is 16.7. The third-order valence-electron chi connectivity index (χ3n) is 4.03. The molecule has 1 aromatic rings. The Morgan fingerprint density at radius 2 is 1.83 bits per heavy atom. The molecule has 1 heterocycles. The summed E-state index contributed by atoms with van der Waals surface area (Å²) in [6.07, 6.45) is 0.794. The van der Waals surface area contributed by atoms with Crippen molar-refractivity contribution >= 4 is 0 Å². The number of halogens is 1. The van der Waals surface area contributed by atoms with Gasteiger partial charge in [0.25, 0.3) is 0 Å². The molecule has 1 aliphatic rings. The normalized spacial score (nSPS) is 23.7.